The Balaban J connectivity index is 2.01. The van der Waals surface area contributed by atoms with E-state index in [1.165, 1.54) is 36.0 Å². The summed E-state index contributed by atoms with van der Waals surface area (Å²) in [6.45, 7) is 4.29. The molecule has 0 aliphatic heterocycles. The van der Waals surface area contributed by atoms with E-state index in [0.29, 0.717) is 0 Å². The van der Waals surface area contributed by atoms with Gasteiger partial charge >= 0.3 is 0 Å². The van der Waals surface area contributed by atoms with Crippen LogP contribution in [-0.2, 0) is 12.8 Å². The lowest BCUT2D eigenvalue weighted by Crippen LogP contribution is -1.89. The van der Waals surface area contributed by atoms with Gasteiger partial charge in [0.05, 0.1) is 5.69 Å². The number of nitrogens with zero attached hydrogens (tertiary/aromatic N) is 1. The average molecular weight is 279 g/mol. The Bertz CT molecular complexity index is 549. The average Bonchev–Trinajstić information content (AvgIpc) is 2.54. The van der Waals surface area contributed by atoms with Crippen molar-refractivity contribution in [1.29, 1.82) is 0 Å². The van der Waals surface area contributed by atoms with Crippen molar-refractivity contribution >= 4 is 0 Å². The molecule has 1 heteroatoms. The third kappa shape index (κ3) is 4.86. The van der Waals surface area contributed by atoms with E-state index in [0.717, 1.165) is 18.5 Å². The molecule has 21 heavy (non-hydrogen) atoms. The molecule has 0 N–H and O–H groups in total. The molecule has 2 rings (SSSR count). The number of rotatable bonds is 7. The lowest BCUT2D eigenvalue weighted by atomic mass is 10.0. The van der Waals surface area contributed by atoms with Crippen LogP contribution < -0.4 is 0 Å². The zero-order chi connectivity index (χ0) is 14.9. The lowest BCUT2D eigenvalue weighted by Gasteiger charge is -2.05. The summed E-state index contributed by atoms with van der Waals surface area (Å²) in [6, 6.07) is 13.2. The number of hydrogen-bond donors (Lipinski definition) is 0. The fourth-order valence-corrected chi connectivity index (χ4v) is 2.38. The summed E-state index contributed by atoms with van der Waals surface area (Å²) in [5, 5.41) is 0. The van der Waals surface area contributed by atoms with E-state index in [1.807, 2.05) is 6.20 Å². The van der Waals surface area contributed by atoms with E-state index in [-0.39, 0.29) is 0 Å². The Kier molecular flexibility index (Phi) is 6.21. The molecule has 0 unspecified atom stereocenters. The van der Waals surface area contributed by atoms with E-state index in [2.05, 4.69) is 67.4 Å². The number of aryl methyl sites for hydroxylation is 2. The maximum Gasteiger partial charge on any atom is 0.0702 e. The molecule has 2 aromatic rings. The first-order valence-electron chi connectivity index (χ1n) is 7.99. The molecule has 1 nitrogen and oxygen atoms in total. The minimum atomic E-state index is 1.06. The van der Waals surface area contributed by atoms with Gasteiger partial charge in [-0.3, -0.25) is 4.98 Å². The van der Waals surface area contributed by atoms with E-state index < -0.39 is 0 Å². The second-order valence-corrected chi connectivity index (χ2v) is 5.46. The summed E-state index contributed by atoms with van der Waals surface area (Å²) in [6.07, 6.45) is 12.1. The Morgan fingerprint density at radius 1 is 0.952 bits per heavy atom. The van der Waals surface area contributed by atoms with Gasteiger partial charge in [0.2, 0.25) is 0 Å². The van der Waals surface area contributed by atoms with Crippen molar-refractivity contribution in [2.75, 3.05) is 0 Å². The largest absolute Gasteiger partial charge is 0.256 e. The van der Waals surface area contributed by atoms with Crippen LogP contribution in [0.4, 0.5) is 0 Å². The molecule has 0 fully saturated rings. The van der Waals surface area contributed by atoms with Crippen molar-refractivity contribution in [2.24, 2.45) is 0 Å². The minimum absolute atomic E-state index is 1.06. The predicted molar refractivity (Wildman–Crippen MR) is 91.4 cm³/mol. The standard InChI is InChI=1S/C20H25N/c1-3-5-7-9-18-12-15-20(21-16-18)19-13-10-17(11-14-19)8-6-4-2/h3,5,10-16H,4,6-9H2,1-2H3/b5-3+. The molecule has 1 heterocycles. The van der Waals surface area contributed by atoms with E-state index in [9.17, 15) is 0 Å². The summed E-state index contributed by atoms with van der Waals surface area (Å²) < 4.78 is 0. The molecule has 0 saturated carbocycles. The highest BCUT2D eigenvalue weighted by atomic mass is 14.7. The van der Waals surface area contributed by atoms with Crippen LogP contribution in [0.5, 0.6) is 0 Å². The van der Waals surface area contributed by atoms with Crippen LogP contribution in [-0.4, -0.2) is 4.98 Å². The van der Waals surface area contributed by atoms with Crippen LogP contribution >= 0.6 is 0 Å². The maximum atomic E-state index is 4.60. The fraction of sp³-hybridized carbons (Fsp3) is 0.350. The van der Waals surface area contributed by atoms with Gasteiger partial charge < -0.3 is 0 Å². The van der Waals surface area contributed by atoms with Crippen molar-refractivity contribution in [2.45, 2.75) is 46.0 Å². The van der Waals surface area contributed by atoms with Gasteiger partial charge in [0.1, 0.15) is 0 Å². The molecule has 110 valence electrons. The molecule has 0 radical (unpaired) electrons. The van der Waals surface area contributed by atoms with Crippen molar-refractivity contribution < 1.29 is 0 Å². The Labute approximate surface area is 128 Å². The fourth-order valence-electron chi connectivity index (χ4n) is 2.38. The Hall–Kier alpha value is -1.89. The second-order valence-electron chi connectivity index (χ2n) is 5.46. The first kappa shape index (κ1) is 15.5. The number of aromatic nitrogens is 1. The number of benzene rings is 1. The molecular formula is C20H25N. The quantitative estimate of drug-likeness (QED) is 0.601. The molecule has 1 aromatic heterocycles. The van der Waals surface area contributed by atoms with Crippen LogP contribution in [0.3, 0.4) is 0 Å². The molecule has 0 spiro atoms. The first-order chi connectivity index (χ1) is 10.3. The Morgan fingerprint density at radius 2 is 1.71 bits per heavy atom. The summed E-state index contributed by atoms with van der Waals surface area (Å²) in [7, 11) is 0. The molecule has 0 atom stereocenters. The predicted octanol–water partition coefficient (Wildman–Crippen LogP) is 5.60. The van der Waals surface area contributed by atoms with Crippen molar-refractivity contribution in [3.63, 3.8) is 0 Å². The molecule has 0 aliphatic rings. The topological polar surface area (TPSA) is 12.9 Å². The normalized spacial score (nSPS) is 11.1. The zero-order valence-corrected chi connectivity index (χ0v) is 13.2. The second kappa shape index (κ2) is 8.41. The first-order valence-corrected chi connectivity index (χ1v) is 7.99. The number of unbranched alkanes of at least 4 members (excludes halogenated alkanes) is 1. The smallest absolute Gasteiger partial charge is 0.0702 e. The lowest BCUT2D eigenvalue weighted by molar-refractivity contribution is 0.795. The number of pyridine rings is 1. The van der Waals surface area contributed by atoms with Gasteiger partial charge in [0.25, 0.3) is 0 Å². The van der Waals surface area contributed by atoms with Crippen molar-refractivity contribution in [3.05, 3.63) is 65.9 Å². The van der Waals surface area contributed by atoms with Gasteiger partial charge in [-0.15, -0.1) is 0 Å². The molecule has 0 aliphatic carbocycles. The van der Waals surface area contributed by atoms with Crippen LogP contribution in [0.1, 0.15) is 44.2 Å². The van der Waals surface area contributed by atoms with Gasteiger partial charge in [-0.25, -0.2) is 0 Å². The highest BCUT2D eigenvalue weighted by Gasteiger charge is 2.00. The molecule has 0 amide bonds. The summed E-state index contributed by atoms with van der Waals surface area (Å²) in [5.74, 6) is 0. The summed E-state index contributed by atoms with van der Waals surface area (Å²) in [4.78, 5) is 4.60. The number of hydrogen-bond acceptors (Lipinski definition) is 1. The van der Waals surface area contributed by atoms with Crippen LogP contribution in [0, 0.1) is 0 Å². The molecular weight excluding hydrogens is 254 g/mol. The third-order valence-corrected chi connectivity index (χ3v) is 3.73. The third-order valence-electron chi connectivity index (χ3n) is 3.73. The van der Waals surface area contributed by atoms with Crippen LogP contribution in [0.2, 0.25) is 0 Å². The van der Waals surface area contributed by atoms with Crippen molar-refractivity contribution in [1.82, 2.24) is 4.98 Å². The van der Waals surface area contributed by atoms with Crippen LogP contribution in [0.25, 0.3) is 11.3 Å². The minimum Gasteiger partial charge on any atom is -0.256 e. The molecule has 0 saturated heterocycles. The van der Waals surface area contributed by atoms with Crippen LogP contribution in [0.15, 0.2) is 54.7 Å². The monoisotopic (exact) mass is 279 g/mol. The molecule has 0 bridgehead atoms. The molecule has 1 aromatic carbocycles. The number of allylic oxidation sites excluding steroid dienone is 2. The Morgan fingerprint density at radius 3 is 2.33 bits per heavy atom. The van der Waals surface area contributed by atoms with Gasteiger partial charge in [0, 0.05) is 11.8 Å². The van der Waals surface area contributed by atoms with E-state index in [1.54, 1.807) is 0 Å². The van der Waals surface area contributed by atoms with Crippen molar-refractivity contribution in [3.8, 4) is 11.3 Å². The highest BCUT2D eigenvalue weighted by Crippen LogP contribution is 2.19. The van der Waals surface area contributed by atoms with Gasteiger partial charge in [-0.2, -0.15) is 0 Å². The maximum absolute atomic E-state index is 4.60. The van der Waals surface area contributed by atoms with Gasteiger partial charge in [0.15, 0.2) is 0 Å². The van der Waals surface area contributed by atoms with E-state index >= 15 is 0 Å². The summed E-state index contributed by atoms with van der Waals surface area (Å²) >= 11 is 0. The highest BCUT2D eigenvalue weighted by molar-refractivity contribution is 5.59. The SMILES string of the molecule is C/C=C/CCc1ccc(-c2ccc(CCCC)cc2)nc1. The van der Waals surface area contributed by atoms with Gasteiger partial charge in [-0.05, 0) is 49.8 Å². The summed E-state index contributed by atoms with van der Waals surface area (Å²) in [5.41, 5.74) is 4.99. The van der Waals surface area contributed by atoms with E-state index in [4.69, 9.17) is 0 Å². The van der Waals surface area contributed by atoms with Gasteiger partial charge in [-0.1, -0.05) is 55.8 Å². The zero-order valence-electron chi connectivity index (χ0n) is 13.2.